The fraction of sp³-hybridized carbons (Fsp3) is 0.118. The first kappa shape index (κ1) is 11.3. The van der Waals surface area contributed by atoms with Crippen LogP contribution in [0.25, 0.3) is 16.8 Å². The number of nitrogens with zero attached hydrogens (tertiary/aromatic N) is 3. The van der Waals surface area contributed by atoms with Gasteiger partial charge in [0.2, 0.25) is 5.78 Å². The Bertz CT molecular complexity index is 885. The van der Waals surface area contributed by atoms with Crippen molar-refractivity contribution in [3.05, 3.63) is 72.1 Å². The van der Waals surface area contributed by atoms with E-state index in [-0.39, 0.29) is 0 Å². The molecule has 0 bridgehead atoms. The van der Waals surface area contributed by atoms with Crippen LogP contribution in [0, 0.1) is 6.92 Å². The van der Waals surface area contributed by atoms with E-state index in [2.05, 4.69) is 68.7 Å². The summed E-state index contributed by atoms with van der Waals surface area (Å²) in [5, 5.41) is 0. The molecule has 0 saturated carbocycles. The lowest BCUT2D eigenvalue weighted by Crippen LogP contribution is -2.00. The van der Waals surface area contributed by atoms with E-state index >= 15 is 0 Å². The van der Waals surface area contributed by atoms with Crippen molar-refractivity contribution in [2.75, 3.05) is 0 Å². The van der Waals surface area contributed by atoms with Crippen LogP contribution in [0.15, 0.2) is 60.8 Å². The van der Waals surface area contributed by atoms with Crippen LogP contribution < -0.4 is 0 Å². The minimum Gasteiger partial charge on any atom is -0.305 e. The van der Waals surface area contributed by atoms with Gasteiger partial charge in [-0.25, -0.2) is 4.98 Å². The highest BCUT2D eigenvalue weighted by Gasteiger charge is 2.12. The van der Waals surface area contributed by atoms with Crippen molar-refractivity contribution < 1.29 is 0 Å². The van der Waals surface area contributed by atoms with Crippen molar-refractivity contribution >= 4 is 16.8 Å². The summed E-state index contributed by atoms with van der Waals surface area (Å²) in [6, 6.07) is 19.0. The van der Waals surface area contributed by atoms with Gasteiger partial charge in [0.25, 0.3) is 0 Å². The van der Waals surface area contributed by atoms with E-state index in [0.29, 0.717) is 0 Å². The molecule has 3 heteroatoms. The van der Waals surface area contributed by atoms with E-state index in [4.69, 9.17) is 0 Å². The number of fused-ring (bicyclic) bond motifs is 3. The van der Waals surface area contributed by atoms with Crippen molar-refractivity contribution in [3.63, 3.8) is 0 Å². The molecule has 2 aromatic carbocycles. The van der Waals surface area contributed by atoms with Gasteiger partial charge >= 0.3 is 0 Å². The number of hydrogen-bond acceptors (Lipinski definition) is 1. The Morgan fingerprint density at radius 3 is 2.40 bits per heavy atom. The van der Waals surface area contributed by atoms with Crippen LogP contribution in [0.1, 0.15) is 11.3 Å². The van der Waals surface area contributed by atoms with Crippen molar-refractivity contribution in [2.45, 2.75) is 13.5 Å². The van der Waals surface area contributed by atoms with E-state index in [1.165, 1.54) is 16.6 Å². The zero-order valence-electron chi connectivity index (χ0n) is 11.3. The normalized spacial score (nSPS) is 11.4. The predicted molar refractivity (Wildman–Crippen MR) is 81.0 cm³/mol. The summed E-state index contributed by atoms with van der Waals surface area (Å²) in [6.45, 7) is 2.88. The molecule has 0 aliphatic heterocycles. The topological polar surface area (TPSA) is 22.2 Å². The van der Waals surface area contributed by atoms with Gasteiger partial charge in [-0.15, -0.1) is 0 Å². The summed E-state index contributed by atoms with van der Waals surface area (Å²) in [4.78, 5) is 4.67. The van der Waals surface area contributed by atoms with E-state index in [1.807, 2.05) is 13.0 Å². The van der Waals surface area contributed by atoms with Crippen LogP contribution in [0.2, 0.25) is 0 Å². The molecule has 98 valence electrons. The summed E-state index contributed by atoms with van der Waals surface area (Å²) in [6.07, 6.45) is 2.10. The molecule has 0 aliphatic carbocycles. The zero-order valence-corrected chi connectivity index (χ0v) is 11.3. The molecule has 2 heterocycles. The molecule has 20 heavy (non-hydrogen) atoms. The predicted octanol–water partition coefficient (Wildman–Crippen LogP) is 3.65. The summed E-state index contributed by atoms with van der Waals surface area (Å²) in [5.74, 6) is 1.01. The molecule has 0 spiro atoms. The Labute approximate surface area is 117 Å². The largest absolute Gasteiger partial charge is 0.305 e. The van der Waals surface area contributed by atoms with Crippen molar-refractivity contribution in [1.29, 1.82) is 0 Å². The number of benzene rings is 2. The smallest absolute Gasteiger partial charge is 0.215 e. The third kappa shape index (κ3) is 1.63. The highest BCUT2D eigenvalue weighted by atomic mass is 15.2. The number of para-hydroxylation sites is 2. The molecule has 0 aliphatic rings. The second kappa shape index (κ2) is 4.23. The Morgan fingerprint density at radius 1 is 0.900 bits per heavy atom. The van der Waals surface area contributed by atoms with Crippen LogP contribution in [0.4, 0.5) is 0 Å². The Morgan fingerprint density at radius 2 is 1.60 bits per heavy atom. The first-order valence-electron chi connectivity index (χ1n) is 6.80. The lowest BCUT2D eigenvalue weighted by Gasteiger charge is -2.05. The molecule has 0 radical (unpaired) electrons. The minimum atomic E-state index is 0.842. The Kier molecular flexibility index (Phi) is 2.39. The fourth-order valence-electron chi connectivity index (χ4n) is 2.78. The first-order valence-corrected chi connectivity index (χ1v) is 6.80. The fourth-order valence-corrected chi connectivity index (χ4v) is 2.78. The highest BCUT2D eigenvalue weighted by molar-refractivity contribution is 5.81. The highest BCUT2D eigenvalue weighted by Crippen LogP contribution is 2.22. The summed E-state index contributed by atoms with van der Waals surface area (Å²) in [7, 11) is 0. The monoisotopic (exact) mass is 261 g/mol. The van der Waals surface area contributed by atoms with Gasteiger partial charge in [0.05, 0.1) is 23.3 Å². The van der Waals surface area contributed by atoms with Gasteiger partial charge in [-0.05, 0) is 24.6 Å². The van der Waals surface area contributed by atoms with Crippen LogP contribution >= 0.6 is 0 Å². The molecular formula is C17H15N3. The van der Waals surface area contributed by atoms with E-state index in [1.54, 1.807) is 0 Å². The summed E-state index contributed by atoms with van der Waals surface area (Å²) >= 11 is 0. The van der Waals surface area contributed by atoms with Gasteiger partial charge in [0, 0.05) is 6.20 Å². The average molecular weight is 261 g/mol. The van der Waals surface area contributed by atoms with Crippen LogP contribution in [0.5, 0.6) is 0 Å². The van der Waals surface area contributed by atoms with Gasteiger partial charge in [-0.3, -0.25) is 4.40 Å². The zero-order chi connectivity index (χ0) is 13.5. The number of aryl methyl sites for hydroxylation is 1. The van der Waals surface area contributed by atoms with Crippen molar-refractivity contribution in [2.24, 2.45) is 0 Å². The average Bonchev–Trinajstić information content (AvgIpc) is 2.98. The molecule has 0 fully saturated rings. The molecule has 0 saturated heterocycles. The second-order valence-corrected chi connectivity index (χ2v) is 5.11. The molecule has 0 unspecified atom stereocenters. The molecule has 4 rings (SSSR count). The minimum absolute atomic E-state index is 0.842. The molecule has 0 amide bonds. The number of hydrogen-bond donors (Lipinski definition) is 0. The van der Waals surface area contributed by atoms with Crippen LogP contribution in [-0.2, 0) is 6.54 Å². The molecule has 0 N–H and O–H groups in total. The van der Waals surface area contributed by atoms with E-state index < -0.39 is 0 Å². The van der Waals surface area contributed by atoms with Gasteiger partial charge in [-0.2, -0.15) is 0 Å². The SMILES string of the molecule is Cc1cn2c3ccccc3n(Cc3ccccc3)c2n1. The molecule has 3 nitrogen and oxygen atoms in total. The maximum absolute atomic E-state index is 4.67. The van der Waals surface area contributed by atoms with E-state index in [9.17, 15) is 0 Å². The summed E-state index contributed by atoms with van der Waals surface area (Å²) < 4.78 is 4.45. The lowest BCUT2D eigenvalue weighted by molar-refractivity contribution is 0.844. The lowest BCUT2D eigenvalue weighted by atomic mass is 10.2. The third-order valence-electron chi connectivity index (χ3n) is 3.66. The van der Waals surface area contributed by atoms with Crippen LogP contribution in [0.3, 0.4) is 0 Å². The van der Waals surface area contributed by atoms with Crippen molar-refractivity contribution in [3.8, 4) is 0 Å². The number of aromatic nitrogens is 3. The Balaban J connectivity index is 1.99. The standard InChI is InChI=1S/C17H15N3/c1-13-11-19-15-9-5-6-10-16(15)20(17(19)18-13)12-14-7-3-2-4-8-14/h2-11H,12H2,1H3. The maximum Gasteiger partial charge on any atom is 0.215 e. The van der Waals surface area contributed by atoms with Gasteiger partial charge in [0.1, 0.15) is 0 Å². The molecule has 4 aromatic rings. The quantitative estimate of drug-likeness (QED) is 0.540. The molecular weight excluding hydrogens is 246 g/mol. The van der Waals surface area contributed by atoms with Gasteiger partial charge in [0.15, 0.2) is 0 Å². The maximum atomic E-state index is 4.67. The number of imidazole rings is 2. The van der Waals surface area contributed by atoms with Crippen molar-refractivity contribution in [1.82, 2.24) is 14.0 Å². The van der Waals surface area contributed by atoms with E-state index in [0.717, 1.165) is 18.0 Å². The molecule has 0 atom stereocenters. The van der Waals surface area contributed by atoms with Crippen LogP contribution in [-0.4, -0.2) is 14.0 Å². The molecule has 2 aromatic heterocycles. The third-order valence-corrected chi connectivity index (χ3v) is 3.66. The Hall–Kier alpha value is -2.55. The first-order chi connectivity index (χ1) is 9.83. The second-order valence-electron chi connectivity index (χ2n) is 5.11. The van der Waals surface area contributed by atoms with Gasteiger partial charge < -0.3 is 4.57 Å². The van der Waals surface area contributed by atoms with Gasteiger partial charge in [-0.1, -0.05) is 42.5 Å². The number of rotatable bonds is 2. The summed E-state index contributed by atoms with van der Waals surface area (Å²) in [5.41, 5.74) is 4.77.